The Morgan fingerprint density at radius 3 is 2.39 bits per heavy atom. The molecule has 0 N–H and O–H groups in total. The summed E-state index contributed by atoms with van der Waals surface area (Å²) in [6, 6.07) is 3.15. The third kappa shape index (κ3) is 3.56. The molecule has 1 rings (SSSR count). The lowest BCUT2D eigenvalue weighted by Gasteiger charge is -2.11. The van der Waals surface area contributed by atoms with Crippen LogP contribution in [0.2, 0.25) is 0 Å². The number of carbonyl (C=O) groups is 1. The summed E-state index contributed by atoms with van der Waals surface area (Å²) in [5.41, 5.74) is 1.74. The molecule has 0 spiro atoms. The van der Waals surface area contributed by atoms with E-state index in [4.69, 9.17) is 11.6 Å². The Morgan fingerprint density at radius 2 is 1.94 bits per heavy atom. The topological polar surface area (TPSA) is 51.2 Å². The van der Waals surface area contributed by atoms with Crippen LogP contribution in [0.3, 0.4) is 0 Å². The van der Waals surface area contributed by atoms with E-state index in [0.29, 0.717) is 12.0 Å². The van der Waals surface area contributed by atoms with Crippen molar-refractivity contribution in [3.05, 3.63) is 28.8 Å². The summed E-state index contributed by atoms with van der Waals surface area (Å²) in [7, 11) is -3.35. The summed E-state index contributed by atoms with van der Waals surface area (Å²) < 4.78 is 23.5. The van der Waals surface area contributed by atoms with Gasteiger partial charge >= 0.3 is 0 Å². The molecule has 0 saturated carbocycles. The molecule has 0 aromatic heterocycles. The molecule has 5 heteroatoms. The Labute approximate surface area is 113 Å². The Hall–Kier alpha value is -0.870. The fourth-order valence-electron chi connectivity index (χ4n) is 1.87. The molecule has 100 valence electrons. The zero-order chi connectivity index (χ0) is 13.9. The Morgan fingerprint density at radius 1 is 1.33 bits per heavy atom. The molecule has 0 saturated heterocycles. The molecule has 0 unspecified atom stereocenters. The molecule has 0 bridgehead atoms. The SMILES string of the molecule is CCCCc1cc(C)c(C(=O)Cl)cc1S(C)(=O)=O. The summed E-state index contributed by atoms with van der Waals surface area (Å²) in [4.78, 5) is 11.5. The van der Waals surface area contributed by atoms with Crippen molar-refractivity contribution in [2.75, 3.05) is 6.26 Å². The van der Waals surface area contributed by atoms with Crippen LogP contribution in [0.5, 0.6) is 0 Å². The van der Waals surface area contributed by atoms with Crippen molar-refractivity contribution >= 4 is 26.7 Å². The van der Waals surface area contributed by atoms with E-state index in [1.165, 1.54) is 6.07 Å². The zero-order valence-corrected chi connectivity index (χ0v) is 12.4. The highest BCUT2D eigenvalue weighted by Gasteiger charge is 2.17. The van der Waals surface area contributed by atoms with Crippen LogP contribution in [0.1, 0.15) is 41.3 Å². The molecule has 0 atom stereocenters. The third-order valence-electron chi connectivity index (χ3n) is 2.82. The predicted molar refractivity (Wildman–Crippen MR) is 73.1 cm³/mol. The maximum Gasteiger partial charge on any atom is 0.252 e. The van der Waals surface area contributed by atoms with Gasteiger partial charge in [0.25, 0.3) is 5.24 Å². The molecule has 0 aliphatic carbocycles. The van der Waals surface area contributed by atoms with Gasteiger partial charge in [0.2, 0.25) is 0 Å². The van der Waals surface area contributed by atoms with Crippen LogP contribution < -0.4 is 0 Å². The van der Waals surface area contributed by atoms with Gasteiger partial charge in [0.15, 0.2) is 9.84 Å². The van der Waals surface area contributed by atoms with Gasteiger partial charge in [-0.3, -0.25) is 4.79 Å². The first-order chi connectivity index (χ1) is 8.27. The number of benzene rings is 1. The summed E-state index contributed by atoms with van der Waals surface area (Å²) in [5, 5.41) is -0.626. The fraction of sp³-hybridized carbons (Fsp3) is 0.462. The maximum absolute atomic E-state index is 11.7. The summed E-state index contributed by atoms with van der Waals surface area (Å²) in [6.45, 7) is 3.81. The minimum atomic E-state index is -3.35. The molecular formula is C13H17ClO3S. The number of sulfone groups is 1. The van der Waals surface area contributed by atoms with E-state index in [-0.39, 0.29) is 10.5 Å². The van der Waals surface area contributed by atoms with E-state index < -0.39 is 15.1 Å². The van der Waals surface area contributed by atoms with Crippen LogP contribution in [0.4, 0.5) is 0 Å². The first kappa shape index (κ1) is 15.2. The van der Waals surface area contributed by atoms with E-state index >= 15 is 0 Å². The molecular weight excluding hydrogens is 272 g/mol. The molecule has 0 aliphatic rings. The lowest BCUT2D eigenvalue weighted by molar-refractivity contribution is 0.108. The van der Waals surface area contributed by atoms with Crippen LogP contribution in [0, 0.1) is 6.92 Å². The van der Waals surface area contributed by atoms with E-state index in [2.05, 4.69) is 0 Å². The molecule has 0 heterocycles. The number of carbonyl (C=O) groups excluding carboxylic acids is 1. The average molecular weight is 289 g/mol. The van der Waals surface area contributed by atoms with Crippen LogP contribution in [0.25, 0.3) is 0 Å². The van der Waals surface area contributed by atoms with Crippen molar-refractivity contribution < 1.29 is 13.2 Å². The zero-order valence-electron chi connectivity index (χ0n) is 10.8. The molecule has 1 aromatic carbocycles. The average Bonchev–Trinajstić information content (AvgIpc) is 2.23. The largest absolute Gasteiger partial charge is 0.276 e. The number of halogens is 1. The van der Waals surface area contributed by atoms with Crippen LogP contribution in [0.15, 0.2) is 17.0 Å². The number of hydrogen-bond donors (Lipinski definition) is 0. The summed E-state index contributed by atoms with van der Waals surface area (Å²) in [5.74, 6) is 0. The Balaban J connectivity index is 3.42. The highest BCUT2D eigenvalue weighted by atomic mass is 35.5. The van der Waals surface area contributed by atoms with Crippen LogP contribution in [-0.2, 0) is 16.3 Å². The minimum absolute atomic E-state index is 0.213. The molecule has 0 fully saturated rings. The normalized spacial score (nSPS) is 11.6. The smallest absolute Gasteiger partial charge is 0.252 e. The molecule has 0 radical (unpaired) electrons. The number of aryl methyl sites for hydroxylation is 2. The minimum Gasteiger partial charge on any atom is -0.276 e. The van der Waals surface area contributed by atoms with Gasteiger partial charge in [0, 0.05) is 11.8 Å². The van der Waals surface area contributed by atoms with Crippen molar-refractivity contribution in [2.24, 2.45) is 0 Å². The number of unbranched alkanes of at least 4 members (excludes halogenated alkanes) is 1. The van der Waals surface area contributed by atoms with E-state index in [0.717, 1.165) is 24.7 Å². The summed E-state index contributed by atoms with van der Waals surface area (Å²) in [6.07, 6.45) is 3.74. The van der Waals surface area contributed by atoms with Crippen molar-refractivity contribution in [3.63, 3.8) is 0 Å². The first-order valence-corrected chi connectivity index (χ1v) is 8.07. The van der Waals surface area contributed by atoms with E-state index in [9.17, 15) is 13.2 Å². The summed E-state index contributed by atoms with van der Waals surface area (Å²) >= 11 is 5.45. The highest BCUT2D eigenvalue weighted by Crippen LogP contribution is 2.24. The standard InChI is InChI=1S/C13H17ClO3S/c1-4-5-6-10-7-9(2)11(13(14)15)8-12(10)18(3,16)17/h7-8H,4-6H2,1-3H3. The first-order valence-electron chi connectivity index (χ1n) is 5.80. The van der Waals surface area contributed by atoms with Gasteiger partial charge in [-0.15, -0.1) is 0 Å². The van der Waals surface area contributed by atoms with Gasteiger partial charge in [-0.05, 0) is 48.6 Å². The molecule has 0 aliphatic heterocycles. The number of rotatable bonds is 5. The van der Waals surface area contributed by atoms with Gasteiger partial charge in [-0.1, -0.05) is 19.4 Å². The van der Waals surface area contributed by atoms with Crippen LogP contribution >= 0.6 is 11.6 Å². The van der Waals surface area contributed by atoms with Crippen molar-refractivity contribution in [1.29, 1.82) is 0 Å². The third-order valence-corrected chi connectivity index (χ3v) is 4.20. The second-order valence-corrected chi connectivity index (χ2v) is 6.75. The van der Waals surface area contributed by atoms with Crippen molar-refractivity contribution in [3.8, 4) is 0 Å². The van der Waals surface area contributed by atoms with E-state index in [1.54, 1.807) is 13.0 Å². The maximum atomic E-state index is 11.7. The molecule has 18 heavy (non-hydrogen) atoms. The fourth-order valence-corrected chi connectivity index (χ4v) is 3.04. The Kier molecular flexibility index (Phi) is 4.93. The van der Waals surface area contributed by atoms with Crippen molar-refractivity contribution in [2.45, 2.75) is 38.0 Å². The van der Waals surface area contributed by atoms with Gasteiger partial charge in [0.1, 0.15) is 0 Å². The number of hydrogen-bond acceptors (Lipinski definition) is 3. The quantitative estimate of drug-likeness (QED) is 0.782. The molecule has 0 amide bonds. The Bertz CT molecular complexity index is 562. The lowest BCUT2D eigenvalue weighted by atomic mass is 10.0. The van der Waals surface area contributed by atoms with E-state index in [1.807, 2.05) is 6.92 Å². The van der Waals surface area contributed by atoms with Crippen LogP contribution in [-0.4, -0.2) is 19.9 Å². The predicted octanol–water partition coefficient (Wildman–Crippen LogP) is 3.12. The second kappa shape index (κ2) is 5.85. The molecule has 3 nitrogen and oxygen atoms in total. The lowest BCUT2D eigenvalue weighted by Crippen LogP contribution is -2.06. The van der Waals surface area contributed by atoms with Gasteiger partial charge in [-0.25, -0.2) is 8.42 Å². The second-order valence-electron chi connectivity index (χ2n) is 4.42. The van der Waals surface area contributed by atoms with Gasteiger partial charge in [-0.2, -0.15) is 0 Å². The van der Waals surface area contributed by atoms with Crippen molar-refractivity contribution in [1.82, 2.24) is 0 Å². The highest BCUT2D eigenvalue weighted by molar-refractivity contribution is 7.90. The molecule has 1 aromatic rings. The van der Waals surface area contributed by atoms with Gasteiger partial charge < -0.3 is 0 Å². The van der Waals surface area contributed by atoms with Gasteiger partial charge in [0.05, 0.1) is 4.90 Å². The monoisotopic (exact) mass is 288 g/mol.